The fraction of sp³-hybridized carbons (Fsp3) is 0.318. The predicted octanol–water partition coefficient (Wildman–Crippen LogP) is 3.52. The summed E-state index contributed by atoms with van der Waals surface area (Å²) in [5.41, 5.74) is 1.37. The van der Waals surface area contributed by atoms with Crippen LogP contribution >= 0.6 is 11.6 Å². The molecule has 2 fully saturated rings. The van der Waals surface area contributed by atoms with Crippen molar-refractivity contribution < 1.29 is 13.2 Å². The van der Waals surface area contributed by atoms with Gasteiger partial charge in [0.1, 0.15) is 0 Å². The number of benzene rings is 2. The third kappa shape index (κ3) is 4.25. The Labute approximate surface area is 176 Å². The Morgan fingerprint density at radius 2 is 1.55 bits per heavy atom. The van der Waals surface area contributed by atoms with Crippen molar-refractivity contribution in [2.75, 3.05) is 26.2 Å². The Balaban J connectivity index is 1.39. The van der Waals surface area contributed by atoms with Crippen LogP contribution in [0.2, 0.25) is 5.02 Å². The maximum absolute atomic E-state index is 13.1. The first-order valence-corrected chi connectivity index (χ1v) is 11.6. The van der Waals surface area contributed by atoms with Gasteiger partial charge in [-0.3, -0.25) is 4.79 Å². The Morgan fingerprint density at radius 3 is 2.14 bits per heavy atom. The standard InChI is InChI=1S/C22H23ClN2O3S/c23-20-8-6-19(7-9-20)22(11-12-22)21(26)24-13-15-25(16-14-24)29(27,28)17-10-18-4-2-1-3-5-18/h1-10,17H,11-16H2. The molecule has 1 amide bonds. The van der Waals surface area contributed by atoms with Crippen LogP contribution in [0, 0.1) is 0 Å². The number of nitrogens with zero attached hydrogens (tertiary/aromatic N) is 2. The van der Waals surface area contributed by atoms with Gasteiger partial charge in [-0.05, 0) is 42.2 Å². The summed E-state index contributed by atoms with van der Waals surface area (Å²) in [6.07, 6.45) is 3.25. The number of halogens is 1. The minimum Gasteiger partial charge on any atom is -0.339 e. The van der Waals surface area contributed by atoms with E-state index in [1.54, 1.807) is 11.0 Å². The molecule has 2 aromatic rings. The highest BCUT2D eigenvalue weighted by molar-refractivity contribution is 7.92. The van der Waals surface area contributed by atoms with E-state index < -0.39 is 15.4 Å². The zero-order chi connectivity index (χ0) is 20.5. The van der Waals surface area contributed by atoms with Crippen LogP contribution in [0.15, 0.2) is 60.0 Å². The molecule has 2 aliphatic rings. The molecule has 0 unspecified atom stereocenters. The molecule has 0 atom stereocenters. The molecule has 5 nitrogen and oxygen atoms in total. The lowest BCUT2D eigenvalue weighted by Gasteiger charge is -2.35. The molecule has 2 aromatic carbocycles. The normalized spacial score (nSPS) is 19.4. The van der Waals surface area contributed by atoms with Gasteiger partial charge in [0.05, 0.1) is 5.41 Å². The number of sulfonamides is 1. The van der Waals surface area contributed by atoms with Gasteiger partial charge < -0.3 is 4.90 Å². The number of hydrogen-bond donors (Lipinski definition) is 0. The molecule has 0 bridgehead atoms. The minimum absolute atomic E-state index is 0.0942. The molecule has 1 aliphatic heterocycles. The molecule has 7 heteroatoms. The van der Waals surface area contributed by atoms with Crippen molar-refractivity contribution in [1.29, 1.82) is 0 Å². The number of carbonyl (C=O) groups excluding carboxylic acids is 1. The highest BCUT2D eigenvalue weighted by Crippen LogP contribution is 2.49. The van der Waals surface area contributed by atoms with E-state index in [0.29, 0.717) is 31.2 Å². The maximum atomic E-state index is 13.1. The summed E-state index contributed by atoms with van der Waals surface area (Å²) in [4.78, 5) is 14.9. The topological polar surface area (TPSA) is 57.7 Å². The number of piperazine rings is 1. The van der Waals surface area contributed by atoms with Crippen LogP contribution < -0.4 is 0 Å². The van der Waals surface area contributed by atoms with Crippen LogP contribution in [-0.4, -0.2) is 49.7 Å². The number of rotatable bonds is 5. The van der Waals surface area contributed by atoms with Gasteiger partial charge in [0, 0.05) is 36.6 Å². The number of amides is 1. The van der Waals surface area contributed by atoms with Gasteiger partial charge in [0.2, 0.25) is 15.9 Å². The molecule has 1 aliphatic carbocycles. The summed E-state index contributed by atoms with van der Waals surface area (Å²) >= 11 is 5.97. The van der Waals surface area contributed by atoms with Crippen LogP contribution in [0.25, 0.3) is 6.08 Å². The molecule has 1 heterocycles. The first-order chi connectivity index (χ1) is 13.9. The summed E-state index contributed by atoms with van der Waals surface area (Å²) in [5, 5.41) is 1.90. The third-order valence-corrected chi connectivity index (χ3v) is 7.49. The fourth-order valence-corrected chi connectivity index (χ4v) is 5.08. The van der Waals surface area contributed by atoms with Crippen LogP contribution in [0.3, 0.4) is 0 Å². The Bertz CT molecular complexity index is 1010. The molecule has 0 spiro atoms. The quantitative estimate of drug-likeness (QED) is 0.729. The van der Waals surface area contributed by atoms with Crippen LogP contribution in [0.5, 0.6) is 0 Å². The highest BCUT2D eigenvalue weighted by Gasteiger charge is 2.53. The largest absolute Gasteiger partial charge is 0.339 e. The van der Waals surface area contributed by atoms with Crippen LogP contribution in [0.4, 0.5) is 0 Å². The van der Waals surface area contributed by atoms with E-state index >= 15 is 0 Å². The minimum atomic E-state index is -3.51. The average molecular weight is 431 g/mol. The summed E-state index contributed by atoms with van der Waals surface area (Å²) < 4.78 is 26.7. The Kier molecular flexibility index (Phi) is 5.51. The Hall–Kier alpha value is -2.15. The molecule has 0 N–H and O–H groups in total. The second kappa shape index (κ2) is 7.94. The highest BCUT2D eigenvalue weighted by atomic mass is 35.5. The van der Waals surface area contributed by atoms with Gasteiger partial charge in [0.15, 0.2) is 0 Å². The lowest BCUT2D eigenvalue weighted by molar-refractivity contribution is -0.135. The number of carbonyl (C=O) groups is 1. The van der Waals surface area contributed by atoms with Gasteiger partial charge >= 0.3 is 0 Å². The van der Waals surface area contributed by atoms with Crippen molar-refractivity contribution in [3.8, 4) is 0 Å². The summed E-state index contributed by atoms with van der Waals surface area (Å²) in [7, 11) is -3.51. The number of hydrogen-bond acceptors (Lipinski definition) is 3. The molecule has 152 valence electrons. The van der Waals surface area contributed by atoms with E-state index in [1.165, 1.54) is 9.71 Å². The van der Waals surface area contributed by atoms with Crippen molar-refractivity contribution in [3.63, 3.8) is 0 Å². The Morgan fingerprint density at radius 1 is 0.931 bits per heavy atom. The van der Waals surface area contributed by atoms with Gasteiger partial charge in [-0.2, -0.15) is 4.31 Å². The SMILES string of the molecule is O=C(N1CCN(S(=O)(=O)C=Cc2ccccc2)CC1)C1(c2ccc(Cl)cc2)CC1. The van der Waals surface area contributed by atoms with Gasteiger partial charge in [-0.1, -0.05) is 54.1 Å². The zero-order valence-corrected chi connectivity index (χ0v) is 17.6. The maximum Gasteiger partial charge on any atom is 0.236 e. The molecule has 1 saturated carbocycles. The summed E-state index contributed by atoms with van der Waals surface area (Å²) in [6.45, 7) is 1.44. The van der Waals surface area contributed by atoms with E-state index in [1.807, 2.05) is 54.6 Å². The van der Waals surface area contributed by atoms with Crippen molar-refractivity contribution in [2.24, 2.45) is 0 Å². The second-order valence-electron chi connectivity index (χ2n) is 7.54. The van der Waals surface area contributed by atoms with Crippen molar-refractivity contribution in [2.45, 2.75) is 18.3 Å². The molecular formula is C22H23ClN2O3S. The van der Waals surface area contributed by atoms with Gasteiger partial charge in [0.25, 0.3) is 0 Å². The van der Waals surface area contributed by atoms with Crippen molar-refractivity contribution in [1.82, 2.24) is 9.21 Å². The summed E-state index contributed by atoms with van der Waals surface area (Å²) in [6, 6.07) is 16.8. The van der Waals surface area contributed by atoms with E-state index in [4.69, 9.17) is 11.6 Å². The van der Waals surface area contributed by atoms with Crippen LogP contribution in [0.1, 0.15) is 24.0 Å². The fourth-order valence-electron chi connectivity index (χ4n) is 3.78. The van der Waals surface area contributed by atoms with Gasteiger partial charge in [-0.25, -0.2) is 8.42 Å². The third-order valence-electron chi connectivity index (χ3n) is 5.67. The van der Waals surface area contributed by atoms with Crippen molar-refractivity contribution >= 4 is 33.6 Å². The molecule has 1 saturated heterocycles. The first-order valence-electron chi connectivity index (χ1n) is 9.69. The molecule has 29 heavy (non-hydrogen) atoms. The monoisotopic (exact) mass is 430 g/mol. The average Bonchev–Trinajstić information content (AvgIpc) is 3.55. The molecule has 4 rings (SSSR count). The van der Waals surface area contributed by atoms with Crippen molar-refractivity contribution in [3.05, 3.63) is 76.2 Å². The zero-order valence-electron chi connectivity index (χ0n) is 16.0. The first kappa shape index (κ1) is 20.1. The molecule has 0 radical (unpaired) electrons. The van der Waals surface area contributed by atoms with E-state index in [2.05, 4.69) is 0 Å². The van der Waals surface area contributed by atoms with E-state index in [9.17, 15) is 13.2 Å². The second-order valence-corrected chi connectivity index (χ2v) is 9.79. The predicted molar refractivity (Wildman–Crippen MR) is 115 cm³/mol. The lowest BCUT2D eigenvalue weighted by atomic mass is 9.94. The lowest BCUT2D eigenvalue weighted by Crippen LogP contribution is -2.52. The van der Waals surface area contributed by atoms with E-state index in [-0.39, 0.29) is 5.91 Å². The molecule has 0 aromatic heterocycles. The molecular weight excluding hydrogens is 408 g/mol. The summed E-state index contributed by atoms with van der Waals surface area (Å²) in [5.74, 6) is 0.0942. The van der Waals surface area contributed by atoms with E-state index in [0.717, 1.165) is 24.0 Å². The van der Waals surface area contributed by atoms with Gasteiger partial charge in [-0.15, -0.1) is 0 Å². The smallest absolute Gasteiger partial charge is 0.236 e. The van der Waals surface area contributed by atoms with Crippen LogP contribution in [-0.2, 0) is 20.2 Å².